The summed E-state index contributed by atoms with van der Waals surface area (Å²) in [4.78, 5) is 21.2. The Morgan fingerprint density at radius 3 is 2.54 bits per heavy atom. The van der Waals surface area contributed by atoms with E-state index in [0.717, 1.165) is 0 Å². The molecule has 0 spiro atoms. The summed E-state index contributed by atoms with van der Waals surface area (Å²) in [6, 6.07) is 0. The van der Waals surface area contributed by atoms with E-state index in [4.69, 9.17) is 10.2 Å². The molecule has 1 fully saturated rings. The first-order chi connectivity index (χ1) is 6.11. The Labute approximate surface area is 73.7 Å². The normalized spacial score (nSPS) is 39.8. The number of esters is 1. The number of ether oxygens (including phenoxy) is 1. The predicted octanol–water partition coefficient (Wildman–Crippen LogP) is -2.56. The molecule has 0 saturated carbocycles. The lowest BCUT2D eigenvalue weighted by atomic mass is 9.91. The Balaban J connectivity index is 2.80. The maximum absolute atomic E-state index is 10.8. The van der Waals surface area contributed by atoms with Gasteiger partial charge in [0.2, 0.25) is 0 Å². The zero-order valence-corrected chi connectivity index (χ0v) is 6.66. The predicted molar refractivity (Wildman–Crippen MR) is 38.5 cm³/mol. The zero-order chi connectivity index (χ0) is 10.0. The fraction of sp³-hybridized carbons (Fsp3) is 0.714. The molecule has 74 valence electrons. The highest BCUT2D eigenvalue weighted by Crippen LogP contribution is 2.20. The van der Waals surface area contributed by atoms with Crippen LogP contribution >= 0.6 is 0 Å². The molecule has 4 atom stereocenters. The van der Waals surface area contributed by atoms with E-state index in [0.29, 0.717) is 0 Å². The van der Waals surface area contributed by atoms with E-state index in [1.165, 1.54) is 0 Å². The van der Waals surface area contributed by atoms with Crippen molar-refractivity contribution in [1.29, 1.82) is 0 Å². The van der Waals surface area contributed by atoms with Crippen molar-refractivity contribution in [2.45, 2.75) is 18.3 Å². The Kier molecular flexibility index (Phi) is 2.97. The van der Waals surface area contributed by atoms with E-state index in [-0.39, 0.29) is 6.29 Å². The molecule has 1 rings (SSSR count). The monoisotopic (exact) mass is 190 g/mol. The van der Waals surface area contributed by atoms with Crippen LogP contribution in [0.15, 0.2) is 0 Å². The maximum atomic E-state index is 10.8. The molecule has 0 aromatic rings. The van der Waals surface area contributed by atoms with Gasteiger partial charge in [-0.25, -0.2) is 4.79 Å². The first-order valence-corrected chi connectivity index (χ1v) is 3.74. The lowest BCUT2D eigenvalue weighted by Crippen LogP contribution is -2.53. The Hall–Kier alpha value is -0.980. The molecule has 4 unspecified atom stereocenters. The van der Waals surface area contributed by atoms with Gasteiger partial charge in [-0.3, -0.25) is 0 Å². The molecule has 0 aliphatic carbocycles. The quantitative estimate of drug-likeness (QED) is 0.327. The van der Waals surface area contributed by atoms with Crippen molar-refractivity contribution in [2.75, 3.05) is 6.61 Å². The van der Waals surface area contributed by atoms with Crippen LogP contribution in [-0.4, -0.2) is 52.5 Å². The maximum Gasteiger partial charge on any atom is 0.336 e. The van der Waals surface area contributed by atoms with Gasteiger partial charge in [-0.1, -0.05) is 0 Å². The topological polar surface area (TPSA) is 104 Å². The van der Waals surface area contributed by atoms with Gasteiger partial charge < -0.3 is 24.9 Å². The number of carbonyl (C=O) groups is 2. The van der Waals surface area contributed by atoms with Gasteiger partial charge in [0.05, 0.1) is 12.5 Å². The summed E-state index contributed by atoms with van der Waals surface area (Å²) >= 11 is 0. The molecular formula is C7H10O6. The molecule has 0 radical (unpaired) electrons. The fourth-order valence-electron chi connectivity index (χ4n) is 1.18. The second kappa shape index (κ2) is 3.82. The average molecular weight is 190 g/mol. The SMILES string of the molecule is O=CC1C(O)C(=O)OC(CO)C1O. The van der Waals surface area contributed by atoms with Crippen molar-refractivity contribution in [3.63, 3.8) is 0 Å². The minimum Gasteiger partial charge on any atom is -0.455 e. The van der Waals surface area contributed by atoms with Crippen LogP contribution in [0.1, 0.15) is 0 Å². The third-order valence-electron chi connectivity index (χ3n) is 1.99. The minimum absolute atomic E-state index is 0.276. The molecule has 1 saturated heterocycles. The highest BCUT2D eigenvalue weighted by Gasteiger charge is 2.44. The summed E-state index contributed by atoms with van der Waals surface area (Å²) in [5.41, 5.74) is 0. The summed E-state index contributed by atoms with van der Waals surface area (Å²) in [6.07, 6.45) is -3.85. The number of carbonyl (C=O) groups excluding carboxylic acids is 2. The van der Waals surface area contributed by atoms with Crippen LogP contribution in [0.25, 0.3) is 0 Å². The van der Waals surface area contributed by atoms with Crippen LogP contribution in [0.5, 0.6) is 0 Å². The second-order valence-corrected chi connectivity index (χ2v) is 2.81. The zero-order valence-electron chi connectivity index (χ0n) is 6.66. The number of aliphatic hydroxyl groups is 3. The molecule has 1 aliphatic heterocycles. The summed E-state index contributed by atoms with van der Waals surface area (Å²) in [6.45, 7) is -0.579. The van der Waals surface area contributed by atoms with E-state index in [2.05, 4.69) is 4.74 Å². The van der Waals surface area contributed by atoms with Crippen LogP contribution in [0.3, 0.4) is 0 Å². The molecule has 3 N–H and O–H groups in total. The van der Waals surface area contributed by atoms with Gasteiger partial charge in [0.15, 0.2) is 12.2 Å². The molecule has 6 heteroatoms. The lowest BCUT2D eigenvalue weighted by Gasteiger charge is -2.33. The van der Waals surface area contributed by atoms with Gasteiger partial charge >= 0.3 is 5.97 Å². The number of hydrogen-bond donors (Lipinski definition) is 3. The standard InChI is InChI=1S/C7H10O6/c8-1-3-5(10)4(2-9)13-7(12)6(3)11/h1,3-6,9-11H,2H2. The van der Waals surface area contributed by atoms with Gasteiger partial charge in [0.1, 0.15) is 12.4 Å². The highest BCUT2D eigenvalue weighted by molar-refractivity contribution is 5.80. The first-order valence-electron chi connectivity index (χ1n) is 3.74. The van der Waals surface area contributed by atoms with Gasteiger partial charge in [0, 0.05) is 0 Å². The summed E-state index contributed by atoms with van der Waals surface area (Å²) in [5.74, 6) is -2.22. The number of aliphatic hydroxyl groups excluding tert-OH is 3. The van der Waals surface area contributed by atoms with Crippen LogP contribution < -0.4 is 0 Å². The van der Waals surface area contributed by atoms with E-state index >= 15 is 0 Å². The van der Waals surface area contributed by atoms with Gasteiger partial charge in [-0.05, 0) is 0 Å². The summed E-state index contributed by atoms with van der Waals surface area (Å²) < 4.78 is 4.44. The smallest absolute Gasteiger partial charge is 0.336 e. The largest absolute Gasteiger partial charge is 0.455 e. The first kappa shape index (κ1) is 10.1. The van der Waals surface area contributed by atoms with E-state index in [1.807, 2.05) is 0 Å². The van der Waals surface area contributed by atoms with Crippen molar-refractivity contribution in [3.8, 4) is 0 Å². The van der Waals surface area contributed by atoms with Crippen LogP contribution in [0.2, 0.25) is 0 Å². The van der Waals surface area contributed by atoms with Crippen molar-refractivity contribution >= 4 is 12.3 Å². The van der Waals surface area contributed by atoms with Gasteiger partial charge in [-0.15, -0.1) is 0 Å². The van der Waals surface area contributed by atoms with Gasteiger partial charge in [-0.2, -0.15) is 0 Å². The third-order valence-corrected chi connectivity index (χ3v) is 1.99. The molecule has 0 aromatic heterocycles. The van der Waals surface area contributed by atoms with E-state index in [9.17, 15) is 14.7 Å². The second-order valence-electron chi connectivity index (χ2n) is 2.81. The summed E-state index contributed by atoms with van der Waals surface area (Å²) in [7, 11) is 0. The molecule has 0 aromatic carbocycles. The fourth-order valence-corrected chi connectivity index (χ4v) is 1.18. The Morgan fingerprint density at radius 1 is 1.46 bits per heavy atom. The van der Waals surface area contributed by atoms with E-state index in [1.54, 1.807) is 0 Å². The molecule has 1 aliphatic rings. The van der Waals surface area contributed by atoms with Gasteiger partial charge in [0.25, 0.3) is 0 Å². The average Bonchev–Trinajstić information content (AvgIpc) is 2.12. The van der Waals surface area contributed by atoms with Crippen LogP contribution in [0, 0.1) is 5.92 Å². The molecule has 0 amide bonds. The summed E-state index contributed by atoms with van der Waals surface area (Å²) in [5, 5.41) is 27.0. The minimum atomic E-state index is -1.64. The van der Waals surface area contributed by atoms with Crippen molar-refractivity contribution in [2.24, 2.45) is 5.92 Å². The highest BCUT2D eigenvalue weighted by atomic mass is 16.6. The van der Waals surface area contributed by atoms with Crippen LogP contribution in [-0.2, 0) is 14.3 Å². The van der Waals surface area contributed by atoms with E-state index < -0.39 is 36.8 Å². The third kappa shape index (κ3) is 1.69. The van der Waals surface area contributed by atoms with Crippen molar-refractivity contribution in [1.82, 2.24) is 0 Å². The van der Waals surface area contributed by atoms with Crippen molar-refractivity contribution in [3.05, 3.63) is 0 Å². The van der Waals surface area contributed by atoms with Crippen molar-refractivity contribution < 1.29 is 29.6 Å². The number of cyclic esters (lactones) is 1. The molecular weight excluding hydrogens is 180 g/mol. The number of hydrogen-bond acceptors (Lipinski definition) is 6. The molecule has 6 nitrogen and oxygen atoms in total. The number of rotatable bonds is 2. The Morgan fingerprint density at radius 2 is 2.08 bits per heavy atom. The van der Waals surface area contributed by atoms with Crippen LogP contribution in [0.4, 0.5) is 0 Å². The molecule has 13 heavy (non-hydrogen) atoms. The molecule has 0 bridgehead atoms. The Bertz CT molecular complexity index is 215. The lowest BCUT2D eigenvalue weighted by molar-refractivity contribution is -0.194. The number of aldehydes is 1. The molecule has 1 heterocycles.